The Labute approximate surface area is 209 Å². The Morgan fingerprint density at radius 1 is 1.28 bits per heavy atom. The van der Waals surface area contributed by atoms with Gasteiger partial charge in [0.2, 0.25) is 5.95 Å². The highest BCUT2D eigenvalue weighted by atomic mass is 16.4. The van der Waals surface area contributed by atoms with Gasteiger partial charge in [0.1, 0.15) is 6.54 Å². The van der Waals surface area contributed by atoms with Crippen molar-refractivity contribution in [1.29, 1.82) is 0 Å². The third kappa shape index (κ3) is 5.58. The van der Waals surface area contributed by atoms with E-state index in [1.165, 1.54) is 0 Å². The van der Waals surface area contributed by atoms with Crippen molar-refractivity contribution in [2.45, 2.75) is 45.8 Å². The number of benzene rings is 1. The maximum atomic E-state index is 13.6. The summed E-state index contributed by atoms with van der Waals surface area (Å²) in [5.41, 5.74) is 8.03. The molecule has 0 aliphatic carbocycles. The highest BCUT2D eigenvalue weighted by molar-refractivity contribution is 5.98. The number of carboxylic acids is 1. The number of hydrogen-bond acceptors (Lipinski definition) is 7. The molecule has 3 heterocycles. The van der Waals surface area contributed by atoms with E-state index in [2.05, 4.69) is 32.4 Å². The van der Waals surface area contributed by atoms with Crippen LogP contribution in [0.25, 0.3) is 10.8 Å². The molecule has 2 aromatic heterocycles. The molecule has 10 nitrogen and oxygen atoms in total. The smallest absolute Gasteiger partial charge is 0.322 e. The molecule has 1 unspecified atom stereocenters. The molecule has 1 fully saturated rings. The third-order valence-corrected chi connectivity index (χ3v) is 6.09. The number of nitrogens with two attached hydrogens (primary N) is 1. The summed E-state index contributed by atoms with van der Waals surface area (Å²) in [4.78, 5) is 36.2. The van der Waals surface area contributed by atoms with Crippen molar-refractivity contribution >= 4 is 34.4 Å². The average Bonchev–Trinajstić information content (AvgIpc) is 3.22. The number of imidazole rings is 1. The molecular formula is C26H31N7O3. The minimum absolute atomic E-state index is 0.00506. The van der Waals surface area contributed by atoms with Gasteiger partial charge in [-0.15, -0.1) is 5.92 Å². The van der Waals surface area contributed by atoms with Crippen molar-refractivity contribution in [2.24, 2.45) is 5.73 Å². The molecule has 0 saturated carbocycles. The highest BCUT2D eigenvalue weighted by Crippen LogP contribution is 2.27. The Hall–Kier alpha value is -4.10. The predicted molar refractivity (Wildman–Crippen MR) is 139 cm³/mol. The molecule has 1 atom stereocenters. The van der Waals surface area contributed by atoms with Gasteiger partial charge in [-0.25, -0.2) is 0 Å². The highest BCUT2D eigenvalue weighted by Gasteiger charge is 2.28. The number of nitrogens with one attached hydrogen (secondary N) is 2. The molecule has 0 bridgehead atoms. The fourth-order valence-electron chi connectivity index (χ4n) is 4.49. The van der Waals surface area contributed by atoms with Gasteiger partial charge in [0.25, 0.3) is 5.91 Å². The molecule has 1 aliphatic rings. The Kier molecular flexibility index (Phi) is 7.71. The number of fused-ring (bicyclic) bond motifs is 1. The fraction of sp³-hybridized carbons (Fsp3) is 0.385. The van der Waals surface area contributed by atoms with Crippen LogP contribution in [0.5, 0.6) is 0 Å². The van der Waals surface area contributed by atoms with Gasteiger partial charge in [-0.1, -0.05) is 30.2 Å². The quantitative estimate of drug-likeness (QED) is 0.353. The van der Waals surface area contributed by atoms with Gasteiger partial charge in [0.15, 0.2) is 11.5 Å². The number of rotatable bonds is 8. The number of aryl methyl sites for hydroxylation is 1. The monoisotopic (exact) mass is 489 g/mol. The van der Waals surface area contributed by atoms with Gasteiger partial charge in [-0.3, -0.25) is 19.1 Å². The second-order valence-corrected chi connectivity index (χ2v) is 8.83. The first-order valence-corrected chi connectivity index (χ1v) is 12.0. The Morgan fingerprint density at radius 3 is 2.83 bits per heavy atom. The molecule has 1 aromatic carbocycles. The number of piperidine rings is 1. The van der Waals surface area contributed by atoms with E-state index < -0.39 is 11.9 Å². The number of amides is 1. The van der Waals surface area contributed by atoms with Crippen LogP contribution in [0.2, 0.25) is 0 Å². The van der Waals surface area contributed by atoms with E-state index in [0.29, 0.717) is 12.5 Å². The first-order valence-electron chi connectivity index (χ1n) is 12.0. The molecule has 1 saturated heterocycles. The number of hydrogen-bond donors (Lipinski definition) is 4. The van der Waals surface area contributed by atoms with E-state index in [1.807, 2.05) is 42.2 Å². The van der Waals surface area contributed by atoms with Crippen LogP contribution in [0.4, 0.5) is 11.8 Å². The predicted octanol–water partition coefficient (Wildman–Crippen LogP) is 2.12. The minimum atomic E-state index is -1.05. The lowest BCUT2D eigenvalue weighted by molar-refractivity contribution is -0.134. The fourth-order valence-corrected chi connectivity index (χ4v) is 4.49. The zero-order valence-corrected chi connectivity index (χ0v) is 20.5. The summed E-state index contributed by atoms with van der Waals surface area (Å²) < 4.78 is 1.73. The summed E-state index contributed by atoms with van der Waals surface area (Å²) >= 11 is 0. The molecule has 36 heavy (non-hydrogen) atoms. The van der Waals surface area contributed by atoms with Gasteiger partial charge >= 0.3 is 5.97 Å². The summed E-state index contributed by atoms with van der Waals surface area (Å²) in [5, 5.41) is 17.0. The van der Waals surface area contributed by atoms with Crippen LogP contribution in [-0.4, -0.2) is 57.2 Å². The molecule has 1 amide bonds. The first kappa shape index (κ1) is 25.0. The molecular weight excluding hydrogens is 458 g/mol. The van der Waals surface area contributed by atoms with Crippen LogP contribution in [0.15, 0.2) is 30.3 Å². The number of carbonyl (C=O) groups is 2. The number of nitrogens with zero attached hydrogens (tertiary/aromatic N) is 4. The molecule has 4 rings (SSSR count). The minimum Gasteiger partial charge on any atom is -0.480 e. The van der Waals surface area contributed by atoms with Crippen LogP contribution < -0.4 is 21.3 Å². The maximum absolute atomic E-state index is 13.6. The molecule has 1 aliphatic heterocycles. The van der Waals surface area contributed by atoms with Crippen molar-refractivity contribution in [3.8, 4) is 11.8 Å². The largest absolute Gasteiger partial charge is 0.480 e. The second kappa shape index (κ2) is 11.1. The Balaban J connectivity index is 1.70. The number of anilines is 2. The molecule has 5 N–H and O–H groups in total. The summed E-state index contributed by atoms with van der Waals surface area (Å²) in [6.45, 7) is 5.03. The van der Waals surface area contributed by atoms with Crippen LogP contribution in [-0.2, 0) is 17.9 Å². The summed E-state index contributed by atoms with van der Waals surface area (Å²) in [6.07, 6.45) is 1.82. The standard InChI is InChI=1S/C26H31N7O3/c1-3-4-12-33-23(24(28-15-22(34)35)31-26(33)32-11-7-9-19(27)16-32)25(36)29-14-21-20-10-6-5-8-18(20)13-17(2)30-21/h5-6,8,10,13,19,28H,7,9,11-12,14-16,27H2,1-2H3,(H,29,36)(H,34,35). The zero-order chi connectivity index (χ0) is 25.7. The number of aliphatic carboxylic acids is 1. The lowest BCUT2D eigenvalue weighted by atomic mass is 10.1. The van der Waals surface area contributed by atoms with Gasteiger partial charge < -0.3 is 26.4 Å². The number of carboxylic acid groups (broad SMARTS) is 1. The van der Waals surface area contributed by atoms with Crippen LogP contribution in [0.3, 0.4) is 0 Å². The topological polar surface area (TPSA) is 138 Å². The van der Waals surface area contributed by atoms with Crippen molar-refractivity contribution in [3.05, 3.63) is 47.4 Å². The van der Waals surface area contributed by atoms with Crippen molar-refractivity contribution in [1.82, 2.24) is 19.9 Å². The van der Waals surface area contributed by atoms with E-state index >= 15 is 0 Å². The number of carbonyl (C=O) groups excluding carboxylic acids is 1. The van der Waals surface area contributed by atoms with Gasteiger partial charge in [0, 0.05) is 30.2 Å². The molecule has 0 radical (unpaired) electrons. The van der Waals surface area contributed by atoms with E-state index in [0.717, 1.165) is 41.5 Å². The number of aromatic nitrogens is 3. The van der Waals surface area contributed by atoms with Crippen molar-refractivity contribution in [2.75, 3.05) is 29.9 Å². The van der Waals surface area contributed by atoms with Crippen LogP contribution >= 0.6 is 0 Å². The third-order valence-electron chi connectivity index (χ3n) is 6.09. The van der Waals surface area contributed by atoms with E-state index in [9.17, 15) is 14.7 Å². The van der Waals surface area contributed by atoms with E-state index in [1.54, 1.807) is 11.5 Å². The Bertz CT molecular complexity index is 1340. The van der Waals surface area contributed by atoms with Crippen LogP contribution in [0, 0.1) is 18.8 Å². The van der Waals surface area contributed by atoms with Gasteiger partial charge in [-0.05, 0) is 38.1 Å². The summed E-state index contributed by atoms with van der Waals surface area (Å²) in [7, 11) is 0. The lowest BCUT2D eigenvalue weighted by Crippen LogP contribution is -2.44. The maximum Gasteiger partial charge on any atom is 0.322 e. The van der Waals surface area contributed by atoms with Crippen molar-refractivity contribution in [3.63, 3.8) is 0 Å². The molecule has 3 aromatic rings. The molecule has 0 spiro atoms. The first-order chi connectivity index (χ1) is 17.4. The van der Waals surface area contributed by atoms with Gasteiger partial charge in [-0.2, -0.15) is 4.98 Å². The number of pyridine rings is 1. The Morgan fingerprint density at radius 2 is 2.08 bits per heavy atom. The van der Waals surface area contributed by atoms with Crippen LogP contribution in [0.1, 0.15) is 41.6 Å². The second-order valence-electron chi connectivity index (χ2n) is 8.83. The SMILES string of the molecule is CC#CCn1c(N2CCCC(N)C2)nc(NCC(=O)O)c1C(=O)NCc1nc(C)cc2ccccc12. The van der Waals surface area contributed by atoms with E-state index in [4.69, 9.17) is 5.73 Å². The average molecular weight is 490 g/mol. The lowest BCUT2D eigenvalue weighted by Gasteiger charge is -2.31. The summed E-state index contributed by atoms with van der Waals surface area (Å²) in [5.74, 6) is 5.17. The molecule has 10 heteroatoms. The normalized spacial score (nSPS) is 15.3. The summed E-state index contributed by atoms with van der Waals surface area (Å²) in [6, 6.07) is 9.88. The van der Waals surface area contributed by atoms with Crippen molar-refractivity contribution < 1.29 is 14.7 Å². The van der Waals surface area contributed by atoms with E-state index in [-0.39, 0.29) is 37.2 Å². The zero-order valence-electron chi connectivity index (χ0n) is 20.5. The van der Waals surface area contributed by atoms with Gasteiger partial charge in [0.05, 0.1) is 18.8 Å². The molecule has 188 valence electrons.